The van der Waals surface area contributed by atoms with E-state index in [4.69, 9.17) is 21.1 Å². The molecule has 3 aromatic rings. The number of carboxylic acid groups (broad SMARTS) is 1. The molecule has 1 heterocycles. The smallest absolute Gasteiger partial charge is 0.310 e. The molecule has 5 heteroatoms. The van der Waals surface area contributed by atoms with E-state index < -0.39 is 11.9 Å². The molecular weight excluding hydrogens is 290 g/mol. The third kappa shape index (κ3) is 2.62. The van der Waals surface area contributed by atoms with Crippen LogP contribution in [0.15, 0.2) is 46.9 Å². The van der Waals surface area contributed by atoms with E-state index in [-0.39, 0.29) is 0 Å². The van der Waals surface area contributed by atoms with Crippen LogP contribution in [0.5, 0.6) is 0 Å². The molecule has 0 radical (unpaired) electrons. The van der Waals surface area contributed by atoms with Crippen molar-refractivity contribution in [3.05, 3.63) is 53.1 Å². The molecule has 0 amide bonds. The lowest BCUT2D eigenvalue weighted by atomic mass is 10.0. The zero-order valence-electron chi connectivity index (χ0n) is 11.2. The number of rotatable bonds is 3. The van der Waals surface area contributed by atoms with E-state index in [9.17, 15) is 4.79 Å². The molecule has 21 heavy (non-hydrogen) atoms. The van der Waals surface area contributed by atoms with Crippen LogP contribution in [0, 0.1) is 0 Å². The highest BCUT2D eigenvalue weighted by molar-refractivity contribution is 6.30. The standard InChI is InChI=1S/C16H12ClNO3/c1-9(16(19)20)10-5-6-14-13(8-10)18-15(21-14)11-3-2-4-12(17)7-11/h2-9H,1H3,(H,19,20)/t9-/m1/s1. The SMILES string of the molecule is C[C@@H](C(=O)O)c1ccc2oc(-c3cccc(Cl)c3)nc2c1. The summed E-state index contributed by atoms with van der Waals surface area (Å²) in [6.07, 6.45) is 0. The monoisotopic (exact) mass is 301 g/mol. The van der Waals surface area contributed by atoms with Crippen molar-refractivity contribution in [2.75, 3.05) is 0 Å². The fourth-order valence-corrected chi connectivity index (χ4v) is 2.29. The van der Waals surface area contributed by atoms with Gasteiger partial charge in [-0.15, -0.1) is 0 Å². The second kappa shape index (κ2) is 5.22. The Bertz CT molecular complexity index is 825. The van der Waals surface area contributed by atoms with Crippen LogP contribution in [0.3, 0.4) is 0 Å². The number of oxazole rings is 1. The normalized spacial score (nSPS) is 12.5. The number of hydrogen-bond acceptors (Lipinski definition) is 3. The lowest BCUT2D eigenvalue weighted by Gasteiger charge is -2.04. The summed E-state index contributed by atoms with van der Waals surface area (Å²) >= 11 is 5.96. The molecule has 0 saturated carbocycles. The van der Waals surface area contributed by atoms with E-state index >= 15 is 0 Å². The van der Waals surface area contributed by atoms with Gasteiger partial charge in [-0.25, -0.2) is 4.98 Å². The summed E-state index contributed by atoms with van der Waals surface area (Å²) in [5.41, 5.74) is 2.73. The Morgan fingerprint density at radius 1 is 1.29 bits per heavy atom. The van der Waals surface area contributed by atoms with E-state index in [0.29, 0.717) is 27.6 Å². The Balaban J connectivity index is 2.06. The molecule has 0 aliphatic carbocycles. The number of hydrogen-bond donors (Lipinski definition) is 1. The van der Waals surface area contributed by atoms with Gasteiger partial charge < -0.3 is 9.52 Å². The van der Waals surface area contributed by atoms with Crippen LogP contribution in [-0.2, 0) is 4.79 Å². The average molecular weight is 302 g/mol. The lowest BCUT2D eigenvalue weighted by molar-refractivity contribution is -0.138. The number of nitrogens with zero attached hydrogens (tertiary/aromatic N) is 1. The van der Waals surface area contributed by atoms with Crippen LogP contribution in [0.25, 0.3) is 22.6 Å². The van der Waals surface area contributed by atoms with Gasteiger partial charge in [-0.3, -0.25) is 4.79 Å². The van der Waals surface area contributed by atoms with E-state index in [1.807, 2.05) is 12.1 Å². The first-order valence-corrected chi connectivity index (χ1v) is 6.81. The van der Waals surface area contributed by atoms with Crippen LogP contribution in [0.4, 0.5) is 0 Å². The third-order valence-corrected chi connectivity index (χ3v) is 3.59. The molecule has 0 aliphatic heterocycles. The van der Waals surface area contributed by atoms with Crippen molar-refractivity contribution in [1.82, 2.24) is 4.98 Å². The van der Waals surface area contributed by atoms with Crippen molar-refractivity contribution in [3.8, 4) is 11.5 Å². The van der Waals surface area contributed by atoms with Crippen LogP contribution >= 0.6 is 11.6 Å². The number of aliphatic carboxylic acids is 1. The van der Waals surface area contributed by atoms with Crippen LogP contribution in [0.1, 0.15) is 18.4 Å². The maximum absolute atomic E-state index is 11.0. The van der Waals surface area contributed by atoms with Gasteiger partial charge in [-0.2, -0.15) is 0 Å². The molecule has 0 bridgehead atoms. The summed E-state index contributed by atoms with van der Waals surface area (Å²) in [7, 11) is 0. The number of halogens is 1. The van der Waals surface area contributed by atoms with E-state index in [0.717, 1.165) is 5.56 Å². The summed E-state index contributed by atoms with van der Waals surface area (Å²) < 4.78 is 5.69. The molecule has 4 nitrogen and oxygen atoms in total. The molecular formula is C16H12ClNO3. The Kier molecular flexibility index (Phi) is 3.39. The molecule has 3 rings (SSSR count). The third-order valence-electron chi connectivity index (χ3n) is 3.35. The van der Waals surface area contributed by atoms with Crippen LogP contribution in [-0.4, -0.2) is 16.1 Å². The van der Waals surface area contributed by atoms with Gasteiger partial charge in [0.2, 0.25) is 5.89 Å². The van der Waals surface area contributed by atoms with Gasteiger partial charge in [-0.1, -0.05) is 23.7 Å². The molecule has 106 valence electrons. The Hall–Kier alpha value is -2.33. The van der Waals surface area contributed by atoms with Gasteiger partial charge in [-0.05, 0) is 42.8 Å². The Morgan fingerprint density at radius 3 is 2.81 bits per heavy atom. The van der Waals surface area contributed by atoms with Crippen molar-refractivity contribution in [2.24, 2.45) is 0 Å². The molecule has 0 spiro atoms. The van der Waals surface area contributed by atoms with Gasteiger partial charge in [0.25, 0.3) is 0 Å². The minimum Gasteiger partial charge on any atom is -0.481 e. The fourth-order valence-electron chi connectivity index (χ4n) is 2.10. The minimum atomic E-state index is -0.868. The fraction of sp³-hybridized carbons (Fsp3) is 0.125. The topological polar surface area (TPSA) is 63.3 Å². The summed E-state index contributed by atoms with van der Waals surface area (Å²) in [6.45, 7) is 1.64. The second-order valence-corrected chi connectivity index (χ2v) is 5.25. The molecule has 0 fully saturated rings. The van der Waals surface area contributed by atoms with Gasteiger partial charge in [0.05, 0.1) is 5.92 Å². The lowest BCUT2D eigenvalue weighted by Crippen LogP contribution is -2.06. The first-order chi connectivity index (χ1) is 10.0. The highest BCUT2D eigenvalue weighted by atomic mass is 35.5. The highest BCUT2D eigenvalue weighted by Gasteiger charge is 2.16. The average Bonchev–Trinajstić information content (AvgIpc) is 2.89. The number of benzene rings is 2. The predicted molar refractivity (Wildman–Crippen MR) is 80.5 cm³/mol. The summed E-state index contributed by atoms with van der Waals surface area (Å²) in [4.78, 5) is 15.4. The Morgan fingerprint density at radius 2 is 2.10 bits per heavy atom. The molecule has 0 saturated heterocycles. The molecule has 1 atom stereocenters. The number of carboxylic acids is 1. The zero-order chi connectivity index (χ0) is 15.0. The van der Waals surface area contributed by atoms with E-state index in [1.54, 1.807) is 37.3 Å². The minimum absolute atomic E-state index is 0.465. The molecule has 2 aromatic carbocycles. The molecule has 1 N–H and O–H groups in total. The summed E-state index contributed by atoms with van der Waals surface area (Å²) in [5, 5.41) is 9.67. The van der Waals surface area contributed by atoms with Gasteiger partial charge in [0.15, 0.2) is 5.58 Å². The predicted octanol–water partition coefficient (Wildman–Crippen LogP) is 4.34. The number of carbonyl (C=O) groups is 1. The van der Waals surface area contributed by atoms with Crippen LogP contribution in [0.2, 0.25) is 5.02 Å². The van der Waals surface area contributed by atoms with Gasteiger partial charge >= 0.3 is 5.97 Å². The van der Waals surface area contributed by atoms with Crippen LogP contribution < -0.4 is 0 Å². The first kappa shape index (κ1) is 13.6. The second-order valence-electron chi connectivity index (χ2n) is 4.82. The first-order valence-electron chi connectivity index (χ1n) is 6.44. The summed E-state index contributed by atoms with van der Waals surface area (Å²) in [5.74, 6) is -0.985. The number of aromatic nitrogens is 1. The largest absolute Gasteiger partial charge is 0.481 e. The zero-order valence-corrected chi connectivity index (χ0v) is 12.0. The quantitative estimate of drug-likeness (QED) is 0.781. The van der Waals surface area contributed by atoms with Crippen molar-refractivity contribution in [2.45, 2.75) is 12.8 Å². The summed E-state index contributed by atoms with van der Waals surface area (Å²) in [6, 6.07) is 12.5. The Labute approximate surface area is 126 Å². The van der Waals surface area contributed by atoms with Gasteiger partial charge in [0, 0.05) is 10.6 Å². The van der Waals surface area contributed by atoms with Crippen molar-refractivity contribution in [1.29, 1.82) is 0 Å². The number of fused-ring (bicyclic) bond motifs is 1. The molecule has 0 aliphatic rings. The molecule has 1 aromatic heterocycles. The maximum atomic E-state index is 11.0. The highest BCUT2D eigenvalue weighted by Crippen LogP contribution is 2.28. The van der Waals surface area contributed by atoms with Gasteiger partial charge in [0.1, 0.15) is 5.52 Å². The van der Waals surface area contributed by atoms with Crippen molar-refractivity contribution >= 4 is 28.7 Å². The molecule has 0 unspecified atom stereocenters. The van der Waals surface area contributed by atoms with E-state index in [1.165, 1.54) is 0 Å². The van der Waals surface area contributed by atoms with E-state index in [2.05, 4.69) is 4.98 Å². The maximum Gasteiger partial charge on any atom is 0.310 e. The van der Waals surface area contributed by atoms with Crippen molar-refractivity contribution in [3.63, 3.8) is 0 Å². The van der Waals surface area contributed by atoms with Crippen molar-refractivity contribution < 1.29 is 14.3 Å².